The van der Waals surface area contributed by atoms with Crippen molar-refractivity contribution in [1.82, 2.24) is 24.5 Å². The van der Waals surface area contributed by atoms with Crippen LogP contribution in [-0.2, 0) is 0 Å². The number of hydrogen-bond acceptors (Lipinski definition) is 3. The van der Waals surface area contributed by atoms with Crippen LogP contribution < -0.4 is 0 Å². The summed E-state index contributed by atoms with van der Waals surface area (Å²) in [4.78, 5) is 5.99. The average Bonchev–Trinajstić information content (AvgIpc) is 3.68. The molecular formula is C39H25N5. The predicted molar refractivity (Wildman–Crippen MR) is 179 cm³/mol. The SMILES string of the molecule is c1ccc(-n2c3ccccc3c3cc(-c4cc5nn(-c6ccc(-c7cccnc7)cc6)nc5c5ccccc45)ccc32)cc1. The molecule has 0 amide bonds. The third-order valence-electron chi connectivity index (χ3n) is 8.48. The Balaban J connectivity index is 1.21. The number of nitrogens with zero attached hydrogens (tertiary/aromatic N) is 5. The first-order chi connectivity index (χ1) is 21.8. The Morgan fingerprint density at radius 1 is 0.455 bits per heavy atom. The maximum atomic E-state index is 4.97. The van der Waals surface area contributed by atoms with Crippen molar-refractivity contribution in [2.45, 2.75) is 0 Å². The third kappa shape index (κ3) is 3.83. The number of para-hydroxylation sites is 2. The van der Waals surface area contributed by atoms with Crippen molar-refractivity contribution in [3.05, 3.63) is 152 Å². The molecule has 0 spiro atoms. The Hall–Kier alpha value is -6.07. The molecule has 0 aliphatic rings. The number of rotatable bonds is 4. The summed E-state index contributed by atoms with van der Waals surface area (Å²) in [6, 6.07) is 49.0. The Morgan fingerprint density at radius 2 is 1.18 bits per heavy atom. The second-order valence-electron chi connectivity index (χ2n) is 11.0. The molecule has 44 heavy (non-hydrogen) atoms. The molecule has 0 unspecified atom stereocenters. The van der Waals surface area contributed by atoms with Crippen LogP contribution >= 0.6 is 0 Å². The molecule has 5 heteroatoms. The van der Waals surface area contributed by atoms with Crippen LogP contribution in [0.4, 0.5) is 0 Å². The van der Waals surface area contributed by atoms with E-state index < -0.39 is 0 Å². The van der Waals surface area contributed by atoms with Gasteiger partial charge in [-0.15, -0.1) is 10.2 Å². The van der Waals surface area contributed by atoms with Crippen molar-refractivity contribution in [1.29, 1.82) is 0 Å². The van der Waals surface area contributed by atoms with Crippen LogP contribution in [-0.4, -0.2) is 24.5 Å². The summed E-state index contributed by atoms with van der Waals surface area (Å²) >= 11 is 0. The van der Waals surface area contributed by atoms with Gasteiger partial charge in [-0.25, -0.2) is 0 Å². The van der Waals surface area contributed by atoms with E-state index in [9.17, 15) is 0 Å². The molecule has 0 N–H and O–H groups in total. The highest BCUT2D eigenvalue weighted by atomic mass is 15.5. The molecule has 0 saturated carbocycles. The van der Waals surface area contributed by atoms with Gasteiger partial charge in [0, 0.05) is 34.2 Å². The molecule has 3 heterocycles. The molecule has 206 valence electrons. The Labute approximate surface area is 253 Å². The van der Waals surface area contributed by atoms with Crippen molar-refractivity contribution >= 4 is 43.6 Å². The van der Waals surface area contributed by atoms with E-state index in [-0.39, 0.29) is 0 Å². The van der Waals surface area contributed by atoms with Crippen molar-refractivity contribution in [3.63, 3.8) is 0 Å². The minimum absolute atomic E-state index is 0.863. The van der Waals surface area contributed by atoms with E-state index in [1.807, 2.05) is 12.3 Å². The molecule has 0 aliphatic heterocycles. The molecule has 9 rings (SSSR count). The molecule has 3 aromatic heterocycles. The zero-order chi connectivity index (χ0) is 29.0. The topological polar surface area (TPSA) is 48.5 Å². The normalized spacial score (nSPS) is 11.6. The zero-order valence-corrected chi connectivity index (χ0v) is 23.7. The van der Waals surface area contributed by atoms with Crippen LogP contribution in [0.3, 0.4) is 0 Å². The summed E-state index contributed by atoms with van der Waals surface area (Å²) in [7, 11) is 0. The highest BCUT2D eigenvalue weighted by molar-refractivity contribution is 6.14. The lowest BCUT2D eigenvalue weighted by Gasteiger charge is -2.10. The van der Waals surface area contributed by atoms with Gasteiger partial charge < -0.3 is 4.57 Å². The van der Waals surface area contributed by atoms with Crippen LogP contribution in [0.5, 0.6) is 0 Å². The first-order valence-electron chi connectivity index (χ1n) is 14.7. The lowest BCUT2D eigenvalue weighted by Crippen LogP contribution is -1.98. The van der Waals surface area contributed by atoms with Gasteiger partial charge >= 0.3 is 0 Å². The van der Waals surface area contributed by atoms with Gasteiger partial charge in [-0.3, -0.25) is 4.98 Å². The van der Waals surface area contributed by atoms with E-state index in [4.69, 9.17) is 10.2 Å². The monoisotopic (exact) mass is 563 g/mol. The standard InChI is InChI=1S/C39H25N5/c1-2-10-29(11-3-1)43-37-15-7-6-13-32(37)35-23-27(18-21-38(35)43)34-24-36-39(33-14-5-4-12-31(33)34)42-44(41-36)30-19-16-26(17-20-30)28-9-8-22-40-25-28/h1-25H. The van der Waals surface area contributed by atoms with Crippen molar-refractivity contribution in [2.75, 3.05) is 0 Å². The van der Waals surface area contributed by atoms with Crippen LogP contribution in [0.15, 0.2) is 152 Å². The van der Waals surface area contributed by atoms with Gasteiger partial charge in [-0.2, -0.15) is 4.80 Å². The van der Waals surface area contributed by atoms with E-state index in [1.54, 1.807) is 11.0 Å². The summed E-state index contributed by atoms with van der Waals surface area (Å²) in [6.45, 7) is 0. The number of fused-ring (bicyclic) bond motifs is 6. The fraction of sp³-hybridized carbons (Fsp3) is 0. The molecule has 0 radical (unpaired) electrons. The molecule has 9 aromatic rings. The smallest absolute Gasteiger partial charge is 0.121 e. The number of pyridine rings is 1. The van der Waals surface area contributed by atoms with Gasteiger partial charge in [0.15, 0.2) is 0 Å². The van der Waals surface area contributed by atoms with Crippen molar-refractivity contribution < 1.29 is 0 Å². The lowest BCUT2D eigenvalue weighted by molar-refractivity contribution is 0.766. The van der Waals surface area contributed by atoms with E-state index >= 15 is 0 Å². The fourth-order valence-electron chi connectivity index (χ4n) is 6.42. The first kappa shape index (κ1) is 24.5. The Bertz CT molecular complexity index is 2470. The molecule has 0 bridgehead atoms. The zero-order valence-electron chi connectivity index (χ0n) is 23.7. The molecule has 5 nitrogen and oxygen atoms in total. The average molecular weight is 564 g/mol. The number of aromatic nitrogens is 5. The van der Waals surface area contributed by atoms with Gasteiger partial charge in [-0.1, -0.05) is 84.9 Å². The first-order valence-corrected chi connectivity index (χ1v) is 14.7. The molecular weight excluding hydrogens is 538 g/mol. The minimum atomic E-state index is 0.863. The van der Waals surface area contributed by atoms with Crippen LogP contribution in [0.2, 0.25) is 0 Å². The van der Waals surface area contributed by atoms with Gasteiger partial charge in [0.2, 0.25) is 0 Å². The van der Waals surface area contributed by atoms with Crippen LogP contribution in [0, 0.1) is 0 Å². The summed E-state index contributed by atoms with van der Waals surface area (Å²) < 4.78 is 2.35. The fourth-order valence-corrected chi connectivity index (χ4v) is 6.42. The van der Waals surface area contributed by atoms with Gasteiger partial charge in [0.25, 0.3) is 0 Å². The largest absolute Gasteiger partial charge is 0.309 e. The molecule has 0 aliphatic carbocycles. The molecule has 0 atom stereocenters. The van der Waals surface area contributed by atoms with Gasteiger partial charge in [0.1, 0.15) is 11.0 Å². The third-order valence-corrected chi connectivity index (χ3v) is 8.48. The van der Waals surface area contributed by atoms with Crippen LogP contribution in [0.25, 0.3) is 77.2 Å². The second kappa shape index (κ2) is 9.75. The van der Waals surface area contributed by atoms with Crippen molar-refractivity contribution in [2.24, 2.45) is 0 Å². The Kier molecular flexibility index (Phi) is 5.43. The van der Waals surface area contributed by atoms with E-state index in [2.05, 4.69) is 143 Å². The number of hydrogen-bond donors (Lipinski definition) is 0. The van der Waals surface area contributed by atoms with E-state index in [0.717, 1.165) is 55.4 Å². The van der Waals surface area contributed by atoms with Gasteiger partial charge in [-0.05, 0) is 82.2 Å². The molecule has 0 saturated heterocycles. The quantitative estimate of drug-likeness (QED) is 0.214. The maximum Gasteiger partial charge on any atom is 0.121 e. The summed E-state index contributed by atoms with van der Waals surface area (Å²) in [5.74, 6) is 0. The molecule has 0 fully saturated rings. The lowest BCUT2D eigenvalue weighted by atomic mass is 9.96. The minimum Gasteiger partial charge on any atom is -0.309 e. The predicted octanol–water partition coefficient (Wildman–Crippen LogP) is 9.40. The van der Waals surface area contributed by atoms with Crippen molar-refractivity contribution in [3.8, 4) is 33.6 Å². The highest BCUT2D eigenvalue weighted by Crippen LogP contribution is 2.38. The maximum absolute atomic E-state index is 4.97. The summed E-state index contributed by atoms with van der Waals surface area (Å²) in [6.07, 6.45) is 3.66. The van der Waals surface area contributed by atoms with Gasteiger partial charge in [0.05, 0.1) is 16.7 Å². The van der Waals surface area contributed by atoms with E-state index in [0.29, 0.717) is 0 Å². The van der Waals surface area contributed by atoms with E-state index in [1.165, 1.54) is 21.8 Å². The summed E-state index contributed by atoms with van der Waals surface area (Å²) in [5, 5.41) is 14.6. The second-order valence-corrected chi connectivity index (χ2v) is 11.0. The highest BCUT2D eigenvalue weighted by Gasteiger charge is 2.17. The Morgan fingerprint density at radius 3 is 2.00 bits per heavy atom. The number of benzene rings is 6. The summed E-state index contributed by atoms with van der Waals surface area (Å²) in [5.41, 5.74) is 10.7. The molecule has 6 aromatic carbocycles. The van der Waals surface area contributed by atoms with Crippen LogP contribution in [0.1, 0.15) is 0 Å².